The molecule has 2 saturated heterocycles. The summed E-state index contributed by atoms with van der Waals surface area (Å²) in [6, 6.07) is 18.3. The molecule has 0 spiro atoms. The number of anilines is 1. The van der Waals surface area contributed by atoms with E-state index in [2.05, 4.69) is 39.6 Å². The van der Waals surface area contributed by atoms with Gasteiger partial charge in [0.05, 0.1) is 21.3 Å². The minimum atomic E-state index is -0.284. The van der Waals surface area contributed by atoms with Gasteiger partial charge >= 0.3 is 0 Å². The van der Waals surface area contributed by atoms with Crippen molar-refractivity contribution in [3.63, 3.8) is 0 Å². The second-order valence-electron chi connectivity index (χ2n) is 9.57. The van der Waals surface area contributed by atoms with E-state index >= 15 is 0 Å². The molecular formula is C31H31FIN3O3S. The van der Waals surface area contributed by atoms with Crippen molar-refractivity contribution in [3.05, 3.63) is 86.1 Å². The number of hydrogen-bond donors (Lipinski definition) is 0. The molecule has 40 heavy (non-hydrogen) atoms. The number of hydrogen-bond acceptors (Lipinski definition) is 6. The molecule has 2 fully saturated rings. The fourth-order valence-corrected chi connectivity index (χ4v) is 6.57. The first kappa shape index (κ1) is 28.5. The standard InChI is InChI=1S/C31H31FIN3O3S/c1-3-36-30(37)28(40-31(36)34-24-11-13-25(14-12-24)35-15-5-4-6-16-35)19-22-17-26(33)29(27(18-22)38-2)39-20-21-7-9-23(32)10-8-21/h7-14,17-19H,3-6,15-16,20H2,1-2H3/b28-19-,34-31?. The maximum absolute atomic E-state index is 13.3. The Morgan fingerprint density at radius 1 is 1.05 bits per heavy atom. The quantitative estimate of drug-likeness (QED) is 0.182. The van der Waals surface area contributed by atoms with E-state index in [1.54, 1.807) is 24.1 Å². The first-order valence-electron chi connectivity index (χ1n) is 13.3. The predicted octanol–water partition coefficient (Wildman–Crippen LogP) is 7.63. The Kier molecular flexibility index (Phi) is 9.31. The first-order chi connectivity index (χ1) is 19.4. The second kappa shape index (κ2) is 13.1. The molecule has 0 radical (unpaired) electrons. The number of benzene rings is 3. The molecule has 0 aliphatic carbocycles. The number of ether oxygens (including phenoxy) is 2. The van der Waals surface area contributed by atoms with E-state index in [0.29, 0.717) is 28.1 Å². The van der Waals surface area contributed by atoms with Crippen LogP contribution in [0.5, 0.6) is 11.5 Å². The summed E-state index contributed by atoms with van der Waals surface area (Å²) in [7, 11) is 1.59. The average molecular weight is 672 g/mol. The number of likely N-dealkylation sites (N-methyl/N-ethyl adjacent to an activating group) is 1. The Bertz CT molecular complexity index is 1420. The lowest BCUT2D eigenvalue weighted by atomic mass is 10.1. The van der Waals surface area contributed by atoms with Gasteiger partial charge in [-0.15, -0.1) is 0 Å². The number of carbonyl (C=O) groups excluding carboxylic acids is 1. The van der Waals surface area contributed by atoms with Crippen molar-refractivity contribution < 1.29 is 18.7 Å². The molecule has 0 saturated carbocycles. The molecule has 208 valence electrons. The number of methoxy groups -OCH3 is 1. The van der Waals surface area contributed by atoms with Crippen LogP contribution >= 0.6 is 34.4 Å². The molecule has 2 heterocycles. The molecule has 6 nitrogen and oxygen atoms in total. The third kappa shape index (κ3) is 6.63. The van der Waals surface area contributed by atoms with Crippen LogP contribution in [0.2, 0.25) is 0 Å². The van der Waals surface area contributed by atoms with Gasteiger partial charge in [0.25, 0.3) is 5.91 Å². The van der Waals surface area contributed by atoms with Gasteiger partial charge in [-0.1, -0.05) is 12.1 Å². The number of nitrogens with zero attached hydrogens (tertiary/aromatic N) is 3. The van der Waals surface area contributed by atoms with E-state index in [4.69, 9.17) is 14.5 Å². The Morgan fingerprint density at radius 3 is 2.45 bits per heavy atom. The zero-order valence-electron chi connectivity index (χ0n) is 22.5. The Hall–Kier alpha value is -3.05. The van der Waals surface area contributed by atoms with Gasteiger partial charge in [0, 0.05) is 25.3 Å². The highest BCUT2D eigenvalue weighted by Crippen LogP contribution is 2.38. The van der Waals surface area contributed by atoms with Gasteiger partial charge in [0.2, 0.25) is 0 Å². The van der Waals surface area contributed by atoms with Gasteiger partial charge in [-0.25, -0.2) is 9.38 Å². The van der Waals surface area contributed by atoms with Crippen LogP contribution in [0.4, 0.5) is 15.8 Å². The van der Waals surface area contributed by atoms with Gasteiger partial charge in [0.1, 0.15) is 12.4 Å². The number of carbonyl (C=O) groups is 1. The zero-order valence-corrected chi connectivity index (χ0v) is 25.5. The monoisotopic (exact) mass is 671 g/mol. The molecule has 0 unspecified atom stereocenters. The van der Waals surface area contributed by atoms with Crippen LogP contribution in [0.3, 0.4) is 0 Å². The highest BCUT2D eigenvalue weighted by molar-refractivity contribution is 14.1. The number of thioether (sulfide) groups is 1. The summed E-state index contributed by atoms with van der Waals surface area (Å²) in [5.74, 6) is 0.812. The summed E-state index contributed by atoms with van der Waals surface area (Å²) >= 11 is 3.58. The van der Waals surface area contributed by atoms with Crippen LogP contribution in [0.1, 0.15) is 37.3 Å². The van der Waals surface area contributed by atoms with Gasteiger partial charge in [-0.3, -0.25) is 9.69 Å². The van der Waals surface area contributed by atoms with Crippen LogP contribution < -0.4 is 14.4 Å². The number of aliphatic imine (C=N–C) groups is 1. The SMILES string of the molecule is CCN1C(=O)/C(=C/c2cc(I)c(OCc3ccc(F)cc3)c(OC)c2)SC1=Nc1ccc(N2CCCCC2)cc1. The van der Waals surface area contributed by atoms with Crippen molar-refractivity contribution in [3.8, 4) is 11.5 Å². The maximum atomic E-state index is 13.3. The minimum Gasteiger partial charge on any atom is -0.493 e. The average Bonchev–Trinajstić information content (AvgIpc) is 3.26. The van der Waals surface area contributed by atoms with Gasteiger partial charge < -0.3 is 14.4 Å². The lowest BCUT2D eigenvalue weighted by molar-refractivity contribution is -0.122. The third-order valence-electron chi connectivity index (χ3n) is 6.85. The molecule has 2 aliphatic heterocycles. The van der Waals surface area contributed by atoms with Crippen molar-refractivity contribution in [2.24, 2.45) is 4.99 Å². The van der Waals surface area contributed by atoms with E-state index in [9.17, 15) is 9.18 Å². The molecule has 0 N–H and O–H groups in total. The highest BCUT2D eigenvalue weighted by atomic mass is 127. The molecule has 0 bridgehead atoms. The summed E-state index contributed by atoms with van der Waals surface area (Å²) < 4.78 is 25.7. The number of halogens is 2. The zero-order chi connectivity index (χ0) is 28.1. The van der Waals surface area contributed by atoms with Crippen LogP contribution in [0.15, 0.2) is 70.6 Å². The lowest BCUT2D eigenvalue weighted by Gasteiger charge is -2.28. The molecule has 1 amide bonds. The summed E-state index contributed by atoms with van der Waals surface area (Å²) in [5.41, 5.74) is 3.73. The number of rotatable bonds is 8. The second-order valence-corrected chi connectivity index (χ2v) is 11.7. The van der Waals surface area contributed by atoms with Crippen LogP contribution in [-0.4, -0.2) is 42.7 Å². The number of amides is 1. The topological polar surface area (TPSA) is 54.4 Å². The Balaban J connectivity index is 1.34. The number of piperidine rings is 1. The first-order valence-corrected chi connectivity index (χ1v) is 15.2. The molecular weight excluding hydrogens is 640 g/mol. The highest BCUT2D eigenvalue weighted by Gasteiger charge is 2.32. The molecule has 3 aromatic carbocycles. The fourth-order valence-electron chi connectivity index (χ4n) is 4.72. The van der Waals surface area contributed by atoms with Gasteiger partial charge in [-0.05, 0) is 126 Å². The van der Waals surface area contributed by atoms with E-state index < -0.39 is 0 Å². The third-order valence-corrected chi connectivity index (χ3v) is 8.65. The van der Waals surface area contributed by atoms with Crippen LogP contribution in [0, 0.1) is 9.39 Å². The number of amidine groups is 1. The Morgan fingerprint density at radius 2 is 1.77 bits per heavy atom. The van der Waals surface area contributed by atoms with Crippen molar-refractivity contribution in [1.82, 2.24) is 4.90 Å². The normalized spacial score (nSPS) is 17.6. The fraction of sp³-hybridized carbons (Fsp3) is 0.290. The molecule has 9 heteroatoms. The summed E-state index contributed by atoms with van der Waals surface area (Å²) in [6.07, 6.45) is 5.64. The van der Waals surface area contributed by atoms with Crippen LogP contribution in [-0.2, 0) is 11.4 Å². The minimum absolute atomic E-state index is 0.0678. The summed E-state index contributed by atoms with van der Waals surface area (Å²) in [4.78, 5) is 22.8. The van der Waals surface area contributed by atoms with Crippen LogP contribution in [0.25, 0.3) is 6.08 Å². The largest absolute Gasteiger partial charge is 0.493 e. The smallest absolute Gasteiger partial charge is 0.266 e. The van der Waals surface area contributed by atoms with Crippen molar-refractivity contribution in [2.75, 3.05) is 31.6 Å². The predicted molar refractivity (Wildman–Crippen MR) is 169 cm³/mol. The van der Waals surface area contributed by atoms with Crippen molar-refractivity contribution >= 4 is 62.9 Å². The van der Waals surface area contributed by atoms with Crippen molar-refractivity contribution in [1.29, 1.82) is 0 Å². The summed E-state index contributed by atoms with van der Waals surface area (Å²) in [6.45, 7) is 4.97. The Labute approximate surface area is 252 Å². The van der Waals surface area contributed by atoms with Gasteiger partial charge in [-0.2, -0.15) is 0 Å². The van der Waals surface area contributed by atoms with E-state index in [-0.39, 0.29) is 18.3 Å². The maximum Gasteiger partial charge on any atom is 0.266 e. The van der Waals surface area contributed by atoms with Gasteiger partial charge in [0.15, 0.2) is 16.7 Å². The lowest BCUT2D eigenvalue weighted by Crippen LogP contribution is -2.29. The molecule has 3 aromatic rings. The van der Waals surface area contributed by atoms with E-state index in [1.807, 2.05) is 37.3 Å². The molecule has 0 atom stereocenters. The molecule has 5 rings (SSSR count). The molecule has 2 aliphatic rings. The molecule has 0 aromatic heterocycles. The van der Waals surface area contributed by atoms with E-state index in [1.165, 1.54) is 48.8 Å². The summed E-state index contributed by atoms with van der Waals surface area (Å²) in [5, 5.41) is 0.672. The van der Waals surface area contributed by atoms with Crippen molar-refractivity contribution in [2.45, 2.75) is 32.8 Å². The van der Waals surface area contributed by atoms with E-state index in [0.717, 1.165) is 33.5 Å².